The first-order chi connectivity index (χ1) is 15.6. The highest BCUT2D eigenvalue weighted by atomic mass is 16.5. The number of rotatable bonds is 13. The van der Waals surface area contributed by atoms with Gasteiger partial charge in [-0.05, 0) is 38.1 Å². The van der Waals surface area contributed by atoms with Crippen LogP contribution in [0.15, 0.2) is 35.4 Å². The van der Waals surface area contributed by atoms with Crippen molar-refractivity contribution in [2.24, 2.45) is 10.8 Å². The van der Waals surface area contributed by atoms with E-state index in [0.29, 0.717) is 41.9 Å². The average molecular weight is 444 g/mol. The molecule has 1 amide bonds. The van der Waals surface area contributed by atoms with Crippen LogP contribution in [0.2, 0.25) is 0 Å². The Morgan fingerprint density at radius 1 is 1.19 bits per heavy atom. The Kier molecular flexibility index (Phi) is 13.1. The van der Waals surface area contributed by atoms with E-state index in [-0.39, 0.29) is 0 Å². The fourth-order valence-electron chi connectivity index (χ4n) is 2.74. The molecule has 1 aromatic carbocycles. The Labute approximate surface area is 191 Å². The first kappa shape index (κ1) is 26.8. The minimum absolute atomic E-state index is 0.412. The molecule has 2 aromatic rings. The van der Waals surface area contributed by atoms with Gasteiger partial charge in [-0.15, -0.1) is 0 Å². The van der Waals surface area contributed by atoms with Crippen LogP contribution in [-0.2, 0) is 0 Å². The summed E-state index contributed by atoms with van der Waals surface area (Å²) in [5.41, 5.74) is 9.90. The average Bonchev–Trinajstić information content (AvgIpc) is 2.80. The maximum absolute atomic E-state index is 11.3. The lowest BCUT2D eigenvalue weighted by Crippen LogP contribution is -2.27. The van der Waals surface area contributed by atoms with Crippen molar-refractivity contribution in [3.63, 3.8) is 0 Å². The highest BCUT2D eigenvalue weighted by Gasteiger charge is 2.12. The summed E-state index contributed by atoms with van der Waals surface area (Å²) in [4.78, 5) is 22.7. The van der Waals surface area contributed by atoms with Gasteiger partial charge in [-0.1, -0.05) is 33.8 Å². The van der Waals surface area contributed by atoms with E-state index in [9.17, 15) is 4.79 Å². The monoisotopic (exact) mass is 443 g/mol. The number of nitrogens with zero attached hydrogens (tertiary/aromatic N) is 4. The quantitative estimate of drug-likeness (QED) is 0.247. The van der Waals surface area contributed by atoms with E-state index < -0.39 is 5.91 Å². The van der Waals surface area contributed by atoms with Gasteiger partial charge in [0.2, 0.25) is 17.7 Å². The van der Waals surface area contributed by atoms with Crippen molar-refractivity contribution >= 4 is 23.8 Å². The molecule has 4 N–H and O–H groups in total. The zero-order valence-electron chi connectivity index (χ0n) is 19.9. The molecule has 0 spiro atoms. The summed E-state index contributed by atoms with van der Waals surface area (Å²) in [6.07, 6.45) is 3.59. The Morgan fingerprint density at radius 3 is 2.53 bits per heavy atom. The second-order valence-electron chi connectivity index (χ2n) is 6.69. The molecule has 0 fully saturated rings. The molecule has 1 aromatic heterocycles. The number of carbonyl (C=O) groups excluding carboxylic acids is 1. The molecule has 0 radical (unpaired) electrons. The van der Waals surface area contributed by atoms with Crippen molar-refractivity contribution in [1.29, 1.82) is 0 Å². The normalized spacial score (nSPS) is 10.4. The molecule has 0 bridgehead atoms. The van der Waals surface area contributed by atoms with Crippen LogP contribution < -0.4 is 26.1 Å². The lowest BCUT2D eigenvalue weighted by Gasteiger charge is -2.22. The summed E-state index contributed by atoms with van der Waals surface area (Å²) in [7, 11) is 1.87. The first-order valence-electron chi connectivity index (χ1n) is 11.2. The number of hydrogen-bond donors (Lipinski definition) is 3. The maximum Gasteiger partial charge on any atom is 0.248 e. The molecule has 2 rings (SSSR count). The number of nitrogens with two attached hydrogens (primary N) is 1. The number of amides is 1. The third kappa shape index (κ3) is 9.30. The highest BCUT2D eigenvalue weighted by Crippen LogP contribution is 2.16. The van der Waals surface area contributed by atoms with Crippen molar-refractivity contribution in [2.45, 2.75) is 40.5 Å². The summed E-state index contributed by atoms with van der Waals surface area (Å²) in [5, 5.41) is 7.29. The van der Waals surface area contributed by atoms with Gasteiger partial charge in [0.15, 0.2) is 0 Å². The molecule has 1 heterocycles. The van der Waals surface area contributed by atoms with Gasteiger partial charge in [0.25, 0.3) is 0 Å². The molecule has 0 aliphatic rings. The third-order valence-electron chi connectivity index (χ3n) is 4.12. The second-order valence-corrected chi connectivity index (χ2v) is 6.69. The summed E-state index contributed by atoms with van der Waals surface area (Å²) < 4.78 is 5.77. The molecule has 0 aliphatic heterocycles. The fourth-order valence-corrected chi connectivity index (χ4v) is 2.74. The summed E-state index contributed by atoms with van der Waals surface area (Å²) in [6, 6.07) is 8.58. The standard InChI is InChI=1S/C21H31N7O2.C2H6/c1-4-10-28(11-5-2)21-25-18(14-19(26-21)30-12-9-23-3)15-24-27-17-8-6-7-16(13-17)20(22)29;1-2/h6-8,13-15,23,27H,4-5,9-12H2,1-3H3,(H2,22,29);1-2H3/b24-15+;. The molecule has 9 nitrogen and oxygen atoms in total. The minimum atomic E-state index is -0.488. The van der Waals surface area contributed by atoms with Gasteiger partial charge in [-0.25, -0.2) is 4.98 Å². The van der Waals surface area contributed by atoms with Gasteiger partial charge >= 0.3 is 0 Å². The van der Waals surface area contributed by atoms with E-state index in [1.165, 1.54) is 0 Å². The van der Waals surface area contributed by atoms with E-state index in [4.69, 9.17) is 10.5 Å². The Morgan fingerprint density at radius 2 is 1.91 bits per heavy atom. The number of likely N-dealkylation sites (N-methyl/N-ethyl adjacent to an activating group) is 1. The van der Waals surface area contributed by atoms with Gasteiger partial charge in [0.1, 0.15) is 6.61 Å². The molecule has 0 saturated carbocycles. The number of primary amides is 1. The van der Waals surface area contributed by atoms with Crippen molar-refractivity contribution in [3.05, 3.63) is 41.6 Å². The molecule has 0 atom stereocenters. The summed E-state index contributed by atoms with van der Waals surface area (Å²) in [6.45, 7) is 11.2. The largest absolute Gasteiger partial charge is 0.476 e. The molecular formula is C23H37N7O2. The smallest absolute Gasteiger partial charge is 0.248 e. The van der Waals surface area contributed by atoms with Crippen LogP contribution >= 0.6 is 0 Å². The Hall–Kier alpha value is -3.20. The van der Waals surface area contributed by atoms with Crippen LogP contribution in [0.5, 0.6) is 5.88 Å². The van der Waals surface area contributed by atoms with Crippen molar-refractivity contribution < 1.29 is 9.53 Å². The fraction of sp³-hybridized carbons (Fsp3) is 0.478. The number of benzene rings is 1. The van der Waals surface area contributed by atoms with E-state index in [1.807, 2.05) is 20.9 Å². The number of hydrogen-bond acceptors (Lipinski definition) is 8. The predicted octanol–water partition coefficient (Wildman–Crippen LogP) is 3.27. The van der Waals surface area contributed by atoms with Gasteiger partial charge in [0.05, 0.1) is 17.6 Å². The molecule has 32 heavy (non-hydrogen) atoms. The zero-order chi connectivity index (χ0) is 23.8. The lowest BCUT2D eigenvalue weighted by atomic mass is 10.2. The van der Waals surface area contributed by atoms with Crippen molar-refractivity contribution in [3.8, 4) is 5.88 Å². The van der Waals surface area contributed by atoms with Crippen LogP contribution in [0.25, 0.3) is 0 Å². The lowest BCUT2D eigenvalue weighted by molar-refractivity contribution is 0.100. The summed E-state index contributed by atoms with van der Waals surface area (Å²) >= 11 is 0. The molecule has 0 unspecified atom stereocenters. The minimum Gasteiger partial charge on any atom is -0.476 e. The van der Waals surface area contributed by atoms with E-state index in [1.54, 1.807) is 36.5 Å². The Bertz CT molecular complexity index is 837. The van der Waals surface area contributed by atoms with Crippen LogP contribution in [-0.4, -0.2) is 55.4 Å². The van der Waals surface area contributed by atoms with Gasteiger partial charge < -0.3 is 20.7 Å². The van der Waals surface area contributed by atoms with Crippen LogP contribution in [0.1, 0.15) is 56.6 Å². The first-order valence-corrected chi connectivity index (χ1v) is 11.2. The topological polar surface area (TPSA) is 118 Å². The molecule has 0 aliphatic carbocycles. The van der Waals surface area contributed by atoms with Gasteiger partial charge in [-0.2, -0.15) is 10.1 Å². The molecular weight excluding hydrogens is 406 g/mol. The number of nitrogens with one attached hydrogen (secondary N) is 2. The van der Waals surface area contributed by atoms with Crippen molar-refractivity contribution in [2.75, 3.05) is 43.6 Å². The highest BCUT2D eigenvalue weighted by molar-refractivity contribution is 5.93. The maximum atomic E-state index is 11.3. The number of carbonyl (C=O) groups is 1. The van der Waals surface area contributed by atoms with E-state index >= 15 is 0 Å². The zero-order valence-corrected chi connectivity index (χ0v) is 19.9. The number of ether oxygens (including phenoxy) is 1. The van der Waals surface area contributed by atoms with E-state index in [2.05, 4.69) is 44.6 Å². The second kappa shape index (κ2) is 15.6. The van der Waals surface area contributed by atoms with Crippen LogP contribution in [0, 0.1) is 0 Å². The SMILES string of the molecule is CC.CCCN(CCC)c1nc(/C=N/Nc2cccc(C(N)=O)c2)cc(OCCNC)n1. The Balaban J connectivity index is 0.00000249. The van der Waals surface area contributed by atoms with Crippen LogP contribution in [0.3, 0.4) is 0 Å². The van der Waals surface area contributed by atoms with Crippen LogP contribution in [0.4, 0.5) is 11.6 Å². The number of aromatic nitrogens is 2. The number of anilines is 2. The molecule has 0 saturated heterocycles. The van der Waals surface area contributed by atoms with E-state index in [0.717, 1.165) is 25.9 Å². The van der Waals surface area contributed by atoms with Gasteiger partial charge in [-0.3, -0.25) is 10.2 Å². The molecule has 176 valence electrons. The van der Waals surface area contributed by atoms with Gasteiger partial charge in [0, 0.05) is 31.3 Å². The predicted molar refractivity (Wildman–Crippen MR) is 132 cm³/mol. The number of hydrazone groups is 1. The molecule has 9 heteroatoms. The third-order valence-corrected chi connectivity index (χ3v) is 4.12. The summed E-state index contributed by atoms with van der Waals surface area (Å²) in [5.74, 6) is 0.640. The van der Waals surface area contributed by atoms with Crippen molar-refractivity contribution in [1.82, 2.24) is 15.3 Å².